The van der Waals surface area contributed by atoms with E-state index >= 15 is 0 Å². The maximum Gasteiger partial charge on any atom is 0.123 e. The monoisotopic (exact) mass is 311 g/mol. The Morgan fingerprint density at radius 1 is 1.05 bits per heavy atom. The van der Waals surface area contributed by atoms with Gasteiger partial charge in [0, 0.05) is 10.3 Å². The van der Waals surface area contributed by atoms with Gasteiger partial charge in [0.15, 0.2) is 0 Å². The Labute approximate surface area is 135 Å². The number of thiophene rings is 1. The Balaban J connectivity index is 1.94. The van der Waals surface area contributed by atoms with Crippen molar-refractivity contribution in [2.75, 3.05) is 13.6 Å². The van der Waals surface area contributed by atoms with E-state index in [1.807, 2.05) is 42.6 Å². The lowest BCUT2D eigenvalue weighted by molar-refractivity contribution is 0.481. The zero-order chi connectivity index (χ0) is 15.4. The van der Waals surface area contributed by atoms with E-state index in [4.69, 9.17) is 0 Å². The van der Waals surface area contributed by atoms with Crippen molar-refractivity contribution >= 4 is 22.1 Å². The molecule has 3 heteroatoms. The second kappa shape index (κ2) is 6.95. The molecule has 1 atom stereocenters. The number of aromatic hydroxyl groups is 1. The summed E-state index contributed by atoms with van der Waals surface area (Å²) in [6.45, 7) is 1.01. The van der Waals surface area contributed by atoms with Crippen LogP contribution >= 0.6 is 11.3 Å². The van der Waals surface area contributed by atoms with E-state index in [1.54, 1.807) is 0 Å². The van der Waals surface area contributed by atoms with Crippen molar-refractivity contribution in [3.8, 4) is 5.75 Å². The highest BCUT2D eigenvalue weighted by molar-refractivity contribution is 7.10. The van der Waals surface area contributed by atoms with Gasteiger partial charge < -0.3 is 10.4 Å². The van der Waals surface area contributed by atoms with Crippen molar-refractivity contribution in [1.29, 1.82) is 0 Å². The topological polar surface area (TPSA) is 32.3 Å². The molecule has 0 fully saturated rings. The summed E-state index contributed by atoms with van der Waals surface area (Å²) < 4.78 is 0. The van der Waals surface area contributed by atoms with Crippen molar-refractivity contribution in [3.05, 3.63) is 64.4 Å². The summed E-state index contributed by atoms with van der Waals surface area (Å²) in [6, 6.07) is 16.4. The van der Waals surface area contributed by atoms with E-state index < -0.39 is 0 Å². The first-order chi connectivity index (χ1) is 10.8. The highest BCUT2D eigenvalue weighted by atomic mass is 32.1. The van der Waals surface area contributed by atoms with Gasteiger partial charge in [-0.3, -0.25) is 0 Å². The van der Waals surface area contributed by atoms with Gasteiger partial charge in [-0.15, -0.1) is 11.3 Å². The third kappa shape index (κ3) is 3.16. The normalized spacial score (nSPS) is 12.6. The fourth-order valence-corrected chi connectivity index (χ4v) is 3.84. The maximum atomic E-state index is 10.0. The smallest absolute Gasteiger partial charge is 0.123 e. The third-order valence-corrected chi connectivity index (χ3v) is 5.18. The molecule has 1 aromatic heterocycles. The molecular formula is C19H21NOS. The molecule has 2 N–H and O–H groups in total. The molecule has 3 rings (SSSR count). The molecule has 114 valence electrons. The van der Waals surface area contributed by atoms with Crippen LogP contribution in [-0.4, -0.2) is 18.7 Å². The Morgan fingerprint density at radius 2 is 1.86 bits per heavy atom. The van der Waals surface area contributed by atoms with Gasteiger partial charge in [-0.25, -0.2) is 0 Å². The molecule has 1 unspecified atom stereocenters. The number of nitrogens with one attached hydrogen (secondary N) is 1. The van der Waals surface area contributed by atoms with Crippen LogP contribution < -0.4 is 5.32 Å². The van der Waals surface area contributed by atoms with E-state index in [0.717, 1.165) is 30.2 Å². The molecule has 0 amide bonds. The zero-order valence-corrected chi connectivity index (χ0v) is 13.6. The van der Waals surface area contributed by atoms with Gasteiger partial charge in [0.05, 0.1) is 0 Å². The van der Waals surface area contributed by atoms with Crippen LogP contribution in [0, 0.1) is 0 Å². The van der Waals surface area contributed by atoms with Crippen molar-refractivity contribution in [3.63, 3.8) is 0 Å². The molecule has 0 aliphatic rings. The Bertz CT molecular complexity index is 736. The van der Waals surface area contributed by atoms with Crippen LogP contribution in [0.3, 0.4) is 0 Å². The summed E-state index contributed by atoms with van der Waals surface area (Å²) in [5.74, 6) is 0.877. The summed E-state index contributed by atoms with van der Waals surface area (Å²) in [4.78, 5) is 1.44. The van der Waals surface area contributed by atoms with Crippen LogP contribution in [0.1, 0.15) is 22.8 Å². The number of rotatable bonds is 6. The van der Waals surface area contributed by atoms with E-state index in [-0.39, 0.29) is 0 Å². The molecule has 1 heterocycles. The fraction of sp³-hybridized carbons (Fsp3) is 0.263. The van der Waals surface area contributed by atoms with Gasteiger partial charge in [0.2, 0.25) is 0 Å². The highest BCUT2D eigenvalue weighted by Gasteiger charge is 2.15. The number of hydrogen-bond donors (Lipinski definition) is 2. The van der Waals surface area contributed by atoms with Crippen LogP contribution in [0.2, 0.25) is 0 Å². The molecule has 0 bridgehead atoms. The number of phenolic OH excluding ortho intramolecular Hbond substituents is 1. The summed E-state index contributed by atoms with van der Waals surface area (Å²) in [5, 5.41) is 17.6. The molecule has 0 aliphatic heterocycles. The molecule has 22 heavy (non-hydrogen) atoms. The Morgan fingerprint density at radius 3 is 2.59 bits per heavy atom. The predicted octanol–water partition coefficient (Wildman–Crippen LogP) is 4.54. The first-order valence-electron chi connectivity index (χ1n) is 7.67. The van der Waals surface area contributed by atoms with Gasteiger partial charge in [-0.1, -0.05) is 36.4 Å². The molecule has 0 spiro atoms. The first-order valence-corrected chi connectivity index (χ1v) is 8.55. The second-order valence-corrected chi connectivity index (χ2v) is 6.58. The quantitative estimate of drug-likeness (QED) is 0.700. The lowest BCUT2D eigenvalue weighted by atomic mass is 9.91. The molecule has 0 saturated carbocycles. The molecule has 0 radical (unpaired) electrons. The molecule has 2 aromatic carbocycles. The van der Waals surface area contributed by atoms with Gasteiger partial charge in [0.1, 0.15) is 5.75 Å². The van der Waals surface area contributed by atoms with E-state index in [0.29, 0.717) is 11.7 Å². The van der Waals surface area contributed by atoms with E-state index in [9.17, 15) is 5.11 Å². The van der Waals surface area contributed by atoms with Gasteiger partial charge in [-0.2, -0.15) is 0 Å². The number of fused-ring (bicyclic) bond motifs is 1. The third-order valence-electron chi connectivity index (χ3n) is 4.15. The number of benzene rings is 2. The lowest BCUT2D eigenvalue weighted by Gasteiger charge is -2.17. The average molecular weight is 311 g/mol. The van der Waals surface area contributed by atoms with Gasteiger partial charge in [0.25, 0.3) is 0 Å². The summed E-state index contributed by atoms with van der Waals surface area (Å²) in [6.07, 6.45) is 2.12. The van der Waals surface area contributed by atoms with Crippen molar-refractivity contribution < 1.29 is 5.11 Å². The summed E-state index contributed by atoms with van der Waals surface area (Å²) in [5.41, 5.74) is 1.31. The minimum atomic E-state index is 0.363. The highest BCUT2D eigenvalue weighted by Crippen LogP contribution is 2.33. The van der Waals surface area contributed by atoms with Crippen molar-refractivity contribution in [2.45, 2.75) is 18.8 Å². The van der Waals surface area contributed by atoms with Crippen LogP contribution in [0.15, 0.2) is 53.9 Å². The van der Waals surface area contributed by atoms with E-state index in [2.05, 4.69) is 35.0 Å². The average Bonchev–Trinajstić information content (AvgIpc) is 3.08. The minimum absolute atomic E-state index is 0.363. The Hall–Kier alpha value is -1.84. The van der Waals surface area contributed by atoms with E-state index in [1.165, 1.54) is 10.4 Å². The predicted molar refractivity (Wildman–Crippen MR) is 94.9 cm³/mol. The van der Waals surface area contributed by atoms with Crippen LogP contribution in [0.5, 0.6) is 5.75 Å². The van der Waals surface area contributed by atoms with Crippen LogP contribution in [0.25, 0.3) is 10.8 Å². The van der Waals surface area contributed by atoms with Crippen LogP contribution in [0.4, 0.5) is 0 Å². The molecular weight excluding hydrogens is 290 g/mol. The standard InChI is InChI=1S/C19H21NOS/c1-20-11-10-15(19-7-4-12-22-19)13-14-8-9-18(21)17-6-3-2-5-16(14)17/h2-9,12,15,20-21H,10-11,13H2,1H3. The van der Waals surface area contributed by atoms with Crippen LogP contribution in [-0.2, 0) is 6.42 Å². The second-order valence-electron chi connectivity index (χ2n) is 5.60. The number of hydrogen-bond acceptors (Lipinski definition) is 3. The zero-order valence-electron chi connectivity index (χ0n) is 12.8. The van der Waals surface area contributed by atoms with Crippen molar-refractivity contribution in [1.82, 2.24) is 5.32 Å². The largest absolute Gasteiger partial charge is 0.507 e. The lowest BCUT2D eigenvalue weighted by Crippen LogP contribution is -2.13. The SMILES string of the molecule is CNCCC(Cc1ccc(O)c2ccccc12)c1cccs1. The van der Waals surface area contributed by atoms with Gasteiger partial charge >= 0.3 is 0 Å². The Kier molecular flexibility index (Phi) is 4.76. The molecule has 0 aliphatic carbocycles. The minimum Gasteiger partial charge on any atom is -0.507 e. The number of phenols is 1. The summed E-state index contributed by atoms with van der Waals surface area (Å²) in [7, 11) is 2.00. The molecule has 2 nitrogen and oxygen atoms in total. The molecule has 3 aromatic rings. The molecule has 0 saturated heterocycles. The fourth-order valence-electron chi connectivity index (χ4n) is 2.98. The summed E-state index contributed by atoms with van der Waals surface area (Å²) >= 11 is 1.83. The van der Waals surface area contributed by atoms with Crippen molar-refractivity contribution in [2.24, 2.45) is 0 Å². The maximum absolute atomic E-state index is 10.0. The van der Waals surface area contributed by atoms with Gasteiger partial charge in [-0.05, 0) is 60.8 Å². The first kappa shape index (κ1) is 15.1.